The Bertz CT molecular complexity index is 216. The Morgan fingerprint density at radius 3 is 2.81 bits per heavy atom. The Hall–Kier alpha value is -0.570. The van der Waals surface area contributed by atoms with E-state index < -0.39 is 5.97 Å². The zero-order valence-electron chi connectivity index (χ0n) is 10.5. The first-order chi connectivity index (χ1) is 7.58. The topological polar surface area (TPSA) is 49.3 Å². The Labute approximate surface area is 98.6 Å². The van der Waals surface area contributed by atoms with Gasteiger partial charge in [0.2, 0.25) is 0 Å². The van der Waals surface area contributed by atoms with Gasteiger partial charge in [-0.2, -0.15) is 0 Å². The van der Waals surface area contributed by atoms with Crippen molar-refractivity contribution in [3.8, 4) is 0 Å². The highest BCUT2D eigenvalue weighted by Gasteiger charge is 2.23. The molecular weight excluding hydrogens is 202 g/mol. The van der Waals surface area contributed by atoms with Crippen molar-refractivity contribution >= 4 is 5.97 Å². The number of carbonyl (C=O) groups is 1. The molecule has 2 N–H and O–H groups in total. The Morgan fingerprint density at radius 2 is 2.19 bits per heavy atom. The van der Waals surface area contributed by atoms with Gasteiger partial charge in [-0.1, -0.05) is 26.7 Å². The van der Waals surface area contributed by atoms with Gasteiger partial charge in [-0.15, -0.1) is 0 Å². The second kappa shape index (κ2) is 6.89. The standard InChI is InChI=1S/C13H25NO2/c1-10(2)3-4-11-5-6-12(9-11)14-8-7-13(15)16/h10-12,14H,3-9H2,1-2H3,(H,15,16). The van der Waals surface area contributed by atoms with Crippen molar-refractivity contribution in [3.05, 3.63) is 0 Å². The maximum absolute atomic E-state index is 10.4. The molecule has 0 aromatic rings. The van der Waals surface area contributed by atoms with Gasteiger partial charge in [0.15, 0.2) is 0 Å². The van der Waals surface area contributed by atoms with Crippen LogP contribution in [0.1, 0.15) is 52.4 Å². The van der Waals surface area contributed by atoms with Crippen LogP contribution in [0.4, 0.5) is 0 Å². The summed E-state index contributed by atoms with van der Waals surface area (Å²) < 4.78 is 0. The van der Waals surface area contributed by atoms with E-state index in [0.717, 1.165) is 11.8 Å². The number of rotatable bonds is 7. The maximum atomic E-state index is 10.4. The number of nitrogens with one attached hydrogen (secondary N) is 1. The van der Waals surface area contributed by atoms with Gasteiger partial charge in [0.25, 0.3) is 0 Å². The van der Waals surface area contributed by atoms with Crippen molar-refractivity contribution in [2.45, 2.75) is 58.4 Å². The molecule has 1 aliphatic carbocycles. The lowest BCUT2D eigenvalue weighted by molar-refractivity contribution is -0.136. The molecule has 0 aromatic heterocycles. The number of carboxylic acid groups (broad SMARTS) is 1. The van der Waals surface area contributed by atoms with Crippen molar-refractivity contribution in [1.82, 2.24) is 5.32 Å². The molecule has 1 rings (SSSR count). The zero-order valence-corrected chi connectivity index (χ0v) is 10.5. The normalized spacial score (nSPS) is 25.2. The van der Waals surface area contributed by atoms with Crippen LogP contribution < -0.4 is 5.32 Å². The predicted octanol–water partition coefficient (Wildman–Crippen LogP) is 2.66. The van der Waals surface area contributed by atoms with Gasteiger partial charge < -0.3 is 10.4 Å². The Kier molecular flexibility index (Phi) is 5.81. The quantitative estimate of drug-likeness (QED) is 0.703. The van der Waals surface area contributed by atoms with Crippen LogP contribution in [-0.4, -0.2) is 23.7 Å². The van der Waals surface area contributed by atoms with Crippen LogP contribution >= 0.6 is 0 Å². The molecule has 16 heavy (non-hydrogen) atoms. The minimum atomic E-state index is -0.707. The molecule has 1 saturated carbocycles. The molecule has 0 heterocycles. The average Bonchev–Trinajstić information content (AvgIpc) is 2.62. The van der Waals surface area contributed by atoms with Crippen LogP contribution in [0.3, 0.4) is 0 Å². The Morgan fingerprint density at radius 1 is 1.44 bits per heavy atom. The third kappa shape index (κ3) is 5.50. The largest absolute Gasteiger partial charge is 0.481 e. The van der Waals surface area contributed by atoms with Crippen molar-refractivity contribution in [1.29, 1.82) is 0 Å². The van der Waals surface area contributed by atoms with Crippen LogP contribution in [0.2, 0.25) is 0 Å². The number of aliphatic carboxylic acids is 1. The van der Waals surface area contributed by atoms with Crippen LogP contribution in [0.15, 0.2) is 0 Å². The zero-order chi connectivity index (χ0) is 12.0. The molecule has 1 fully saturated rings. The van der Waals surface area contributed by atoms with E-state index in [1.807, 2.05) is 0 Å². The second-order valence-corrected chi connectivity index (χ2v) is 5.45. The van der Waals surface area contributed by atoms with E-state index in [1.54, 1.807) is 0 Å². The summed E-state index contributed by atoms with van der Waals surface area (Å²) in [5, 5.41) is 11.9. The van der Waals surface area contributed by atoms with E-state index in [1.165, 1.54) is 32.1 Å². The first-order valence-corrected chi connectivity index (χ1v) is 6.53. The van der Waals surface area contributed by atoms with Gasteiger partial charge in [0.1, 0.15) is 0 Å². The minimum Gasteiger partial charge on any atom is -0.481 e. The SMILES string of the molecule is CC(C)CCC1CCC(NCCC(=O)O)C1. The summed E-state index contributed by atoms with van der Waals surface area (Å²) in [4.78, 5) is 10.4. The first-order valence-electron chi connectivity index (χ1n) is 6.53. The third-order valence-corrected chi connectivity index (χ3v) is 3.47. The molecule has 0 aromatic carbocycles. The summed E-state index contributed by atoms with van der Waals surface area (Å²) in [5.41, 5.74) is 0. The monoisotopic (exact) mass is 227 g/mol. The summed E-state index contributed by atoms with van der Waals surface area (Å²) in [6, 6.07) is 0.566. The van der Waals surface area contributed by atoms with Crippen LogP contribution in [0.5, 0.6) is 0 Å². The lowest BCUT2D eigenvalue weighted by atomic mass is 9.96. The maximum Gasteiger partial charge on any atom is 0.304 e. The van der Waals surface area contributed by atoms with Crippen molar-refractivity contribution in [3.63, 3.8) is 0 Å². The van der Waals surface area contributed by atoms with E-state index in [-0.39, 0.29) is 6.42 Å². The van der Waals surface area contributed by atoms with Gasteiger partial charge in [0.05, 0.1) is 6.42 Å². The van der Waals surface area contributed by atoms with Crippen molar-refractivity contribution in [2.75, 3.05) is 6.54 Å². The molecule has 0 amide bonds. The fourth-order valence-corrected chi connectivity index (χ4v) is 2.47. The first kappa shape index (κ1) is 13.5. The molecule has 3 nitrogen and oxygen atoms in total. The molecule has 94 valence electrons. The van der Waals surface area contributed by atoms with Gasteiger partial charge >= 0.3 is 5.97 Å². The van der Waals surface area contributed by atoms with Crippen molar-refractivity contribution < 1.29 is 9.90 Å². The molecule has 0 aliphatic heterocycles. The lowest BCUT2D eigenvalue weighted by Crippen LogP contribution is -2.28. The van der Waals surface area contributed by atoms with Gasteiger partial charge in [-0.25, -0.2) is 0 Å². The highest BCUT2D eigenvalue weighted by Crippen LogP contribution is 2.30. The van der Waals surface area contributed by atoms with Crippen LogP contribution in [0.25, 0.3) is 0 Å². The molecule has 2 unspecified atom stereocenters. The molecule has 0 radical (unpaired) electrons. The smallest absolute Gasteiger partial charge is 0.304 e. The highest BCUT2D eigenvalue weighted by atomic mass is 16.4. The summed E-state index contributed by atoms with van der Waals surface area (Å²) in [5.74, 6) is 0.964. The van der Waals surface area contributed by atoms with E-state index in [4.69, 9.17) is 5.11 Å². The predicted molar refractivity (Wildman–Crippen MR) is 65.5 cm³/mol. The third-order valence-electron chi connectivity index (χ3n) is 3.47. The highest BCUT2D eigenvalue weighted by molar-refractivity contribution is 5.66. The van der Waals surface area contributed by atoms with Gasteiger partial charge in [-0.05, 0) is 31.1 Å². The van der Waals surface area contributed by atoms with E-state index in [2.05, 4.69) is 19.2 Å². The molecular formula is C13H25NO2. The van der Waals surface area contributed by atoms with Crippen molar-refractivity contribution in [2.24, 2.45) is 11.8 Å². The molecule has 0 spiro atoms. The second-order valence-electron chi connectivity index (χ2n) is 5.45. The number of carboxylic acids is 1. The Balaban J connectivity index is 2.07. The van der Waals surface area contributed by atoms with Gasteiger partial charge in [-0.3, -0.25) is 4.79 Å². The van der Waals surface area contributed by atoms with Crippen LogP contribution in [0, 0.1) is 11.8 Å². The van der Waals surface area contributed by atoms with E-state index in [0.29, 0.717) is 12.6 Å². The summed E-state index contributed by atoms with van der Waals surface area (Å²) in [6.45, 7) is 5.17. The fraction of sp³-hybridized carbons (Fsp3) is 0.923. The van der Waals surface area contributed by atoms with E-state index >= 15 is 0 Å². The lowest BCUT2D eigenvalue weighted by Gasteiger charge is -2.13. The molecule has 2 atom stereocenters. The number of hydrogen-bond acceptors (Lipinski definition) is 2. The number of hydrogen-bond donors (Lipinski definition) is 2. The summed E-state index contributed by atoms with van der Waals surface area (Å²) in [7, 11) is 0. The van der Waals surface area contributed by atoms with E-state index in [9.17, 15) is 4.79 Å². The fourth-order valence-electron chi connectivity index (χ4n) is 2.47. The molecule has 1 aliphatic rings. The molecule has 0 bridgehead atoms. The molecule has 0 saturated heterocycles. The average molecular weight is 227 g/mol. The summed E-state index contributed by atoms with van der Waals surface area (Å²) >= 11 is 0. The summed E-state index contributed by atoms with van der Waals surface area (Å²) in [6.07, 6.45) is 6.70. The minimum absolute atomic E-state index is 0.243. The van der Waals surface area contributed by atoms with Crippen LogP contribution in [-0.2, 0) is 4.79 Å². The molecule has 3 heteroatoms. The van der Waals surface area contributed by atoms with Gasteiger partial charge in [0, 0.05) is 12.6 Å².